The van der Waals surface area contributed by atoms with Crippen molar-refractivity contribution in [2.24, 2.45) is 0 Å². The Morgan fingerprint density at radius 2 is 1.83 bits per heavy atom. The number of rotatable bonds is 5. The normalized spacial score (nSPS) is 11.8. The Balaban J connectivity index is 2.19. The quantitative estimate of drug-likeness (QED) is 0.884. The van der Waals surface area contributed by atoms with E-state index in [0.717, 1.165) is 28.8 Å². The standard InChI is InChI=1S/C18H17F2NO3/c1-10-6-7-12(8-11(10)2)9-15(18(23)24)21-17(22)13-4-3-5-14(19)16(13)20/h3-8,15H,9H2,1-2H3,(H,21,22)(H,23,24)/t15-/m0/s1. The number of hydrogen-bond acceptors (Lipinski definition) is 2. The van der Waals surface area contributed by atoms with Gasteiger partial charge in [0.15, 0.2) is 11.6 Å². The highest BCUT2D eigenvalue weighted by Gasteiger charge is 2.23. The van der Waals surface area contributed by atoms with Crippen molar-refractivity contribution in [2.75, 3.05) is 0 Å². The van der Waals surface area contributed by atoms with Crippen LogP contribution in [0.15, 0.2) is 36.4 Å². The van der Waals surface area contributed by atoms with Gasteiger partial charge in [0.2, 0.25) is 0 Å². The lowest BCUT2D eigenvalue weighted by molar-refractivity contribution is -0.139. The van der Waals surface area contributed by atoms with Gasteiger partial charge < -0.3 is 10.4 Å². The van der Waals surface area contributed by atoms with Crippen LogP contribution < -0.4 is 5.32 Å². The molecule has 0 aromatic heterocycles. The molecule has 6 heteroatoms. The Morgan fingerprint density at radius 3 is 2.46 bits per heavy atom. The Kier molecular flexibility index (Phi) is 5.28. The maximum absolute atomic E-state index is 13.6. The van der Waals surface area contributed by atoms with Gasteiger partial charge in [-0.3, -0.25) is 4.79 Å². The van der Waals surface area contributed by atoms with Gasteiger partial charge >= 0.3 is 5.97 Å². The minimum absolute atomic E-state index is 0.0408. The molecule has 1 amide bonds. The monoisotopic (exact) mass is 333 g/mol. The van der Waals surface area contributed by atoms with Gasteiger partial charge in [-0.2, -0.15) is 0 Å². The number of carbonyl (C=O) groups is 2. The molecule has 2 rings (SSSR count). The molecule has 0 saturated heterocycles. The van der Waals surface area contributed by atoms with Crippen molar-refractivity contribution >= 4 is 11.9 Å². The number of benzene rings is 2. The van der Waals surface area contributed by atoms with E-state index in [-0.39, 0.29) is 6.42 Å². The second-order valence-electron chi connectivity index (χ2n) is 5.59. The van der Waals surface area contributed by atoms with Crippen molar-refractivity contribution in [3.05, 3.63) is 70.3 Å². The first-order valence-corrected chi connectivity index (χ1v) is 7.33. The van der Waals surface area contributed by atoms with Crippen molar-refractivity contribution in [1.82, 2.24) is 5.32 Å². The van der Waals surface area contributed by atoms with Crippen molar-refractivity contribution in [2.45, 2.75) is 26.3 Å². The van der Waals surface area contributed by atoms with E-state index in [9.17, 15) is 23.5 Å². The van der Waals surface area contributed by atoms with E-state index in [4.69, 9.17) is 0 Å². The molecule has 1 atom stereocenters. The maximum atomic E-state index is 13.6. The molecule has 0 spiro atoms. The number of carboxylic acid groups (broad SMARTS) is 1. The summed E-state index contributed by atoms with van der Waals surface area (Å²) < 4.78 is 26.8. The average molecular weight is 333 g/mol. The topological polar surface area (TPSA) is 66.4 Å². The van der Waals surface area contributed by atoms with Gasteiger partial charge in [-0.25, -0.2) is 13.6 Å². The number of carboxylic acids is 1. The first-order chi connectivity index (χ1) is 11.3. The molecule has 0 aliphatic carbocycles. The predicted molar refractivity (Wildman–Crippen MR) is 84.9 cm³/mol. The number of halogens is 2. The summed E-state index contributed by atoms with van der Waals surface area (Å²) in [5.41, 5.74) is 2.27. The van der Waals surface area contributed by atoms with E-state index in [1.807, 2.05) is 26.0 Å². The van der Waals surface area contributed by atoms with Gasteiger partial charge in [0, 0.05) is 6.42 Å². The van der Waals surface area contributed by atoms with Crippen molar-refractivity contribution < 1.29 is 23.5 Å². The van der Waals surface area contributed by atoms with E-state index in [1.54, 1.807) is 6.07 Å². The highest BCUT2D eigenvalue weighted by atomic mass is 19.2. The molecule has 0 unspecified atom stereocenters. The van der Waals surface area contributed by atoms with Crippen LogP contribution in [0.3, 0.4) is 0 Å². The molecule has 0 fully saturated rings. The fourth-order valence-corrected chi connectivity index (χ4v) is 2.28. The Hall–Kier alpha value is -2.76. The molecular weight excluding hydrogens is 316 g/mol. The number of aliphatic carboxylic acids is 1. The van der Waals surface area contributed by atoms with E-state index in [2.05, 4.69) is 5.32 Å². The lowest BCUT2D eigenvalue weighted by Crippen LogP contribution is -2.42. The summed E-state index contributed by atoms with van der Waals surface area (Å²) >= 11 is 0. The molecule has 2 aromatic rings. The lowest BCUT2D eigenvalue weighted by atomic mass is 10.0. The second kappa shape index (κ2) is 7.21. The van der Waals surface area contributed by atoms with Crippen LogP contribution in [0.25, 0.3) is 0 Å². The number of carbonyl (C=O) groups excluding carboxylic acids is 1. The first-order valence-electron chi connectivity index (χ1n) is 7.33. The number of aryl methyl sites for hydroxylation is 2. The van der Waals surface area contributed by atoms with Gasteiger partial charge in [0.05, 0.1) is 5.56 Å². The van der Waals surface area contributed by atoms with Crippen molar-refractivity contribution in [3.8, 4) is 0 Å². The number of nitrogens with one attached hydrogen (secondary N) is 1. The zero-order valence-corrected chi connectivity index (χ0v) is 13.3. The van der Waals surface area contributed by atoms with Gasteiger partial charge in [0.25, 0.3) is 5.91 Å². The van der Waals surface area contributed by atoms with Crippen molar-refractivity contribution in [3.63, 3.8) is 0 Å². The van der Waals surface area contributed by atoms with E-state index in [1.165, 1.54) is 6.07 Å². The van der Waals surface area contributed by atoms with E-state index in [0.29, 0.717) is 0 Å². The molecule has 4 nitrogen and oxygen atoms in total. The van der Waals surface area contributed by atoms with Crippen LogP contribution in [-0.2, 0) is 11.2 Å². The van der Waals surface area contributed by atoms with E-state index < -0.39 is 35.1 Å². The van der Waals surface area contributed by atoms with Gasteiger partial charge in [-0.1, -0.05) is 24.3 Å². The molecular formula is C18H17F2NO3. The summed E-state index contributed by atoms with van der Waals surface area (Å²) in [4.78, 5) is 23.5. The summed E-state index contributed by atoms with van der Waals surface area (Å²) in [6, 6.07) is 7.39. The zero-order valence-electron chi connectivity index (χ0n) is 13.3. The minimum Gasteiger partial charge on any atom is -0.480 e. The highest BCUT2D eigenvalue weighted by Crippen LogP contribution is 2.14. The van der Waals surface area contributed by atoms with Crippen LogP contribution in [0, 0.1) is 25.5 Å². The number of hydrogen-bond donors (Lipinski definition) is 2. The summed E-state index contributed by atoms with van der Waals surface area (Å²) in [5, 5.41) is 11.5. The van der Waals surface area contributed by atoms with Gasteiger partial charge in [-0.15, -0.1) is 0 Å². The molecule has 0 heterocycles. The smallest absolute Gasteiger partial charge is 0.326 e. The largest absolute Gasteiger partial charge is 0.480 e. The van der Waals surface area contributed by atoms with Crippen LogP contribution in [0.5, 0.6) is 0 Å². The maximum Gasteiger partial charge on any atom is 0.326 e. The minimum atomic E-state index is -1.30. The highest BCUT2D eigenvalue weighted by molar-refractivity contribution is 5.96. The summed E-state index contributed by atoms with van der Waals surface area (Å²) in [6.45, 7) is 3.83. The fraction of sp³-hybridized carbons (Fsp3) is 0.222. The van der Waals surface area contributed by atoms with Crippen LogP contribution >= 0.6 is 0 Å². The summed E-state index contributed by atoms with van der Waals surface area (Å²) in [7, 11) is 0. The zero-order chi connectivity index (χ0) is 17.9. The third-order valence-electron chi connectivity index (χ3n) is 3.81. The molecule has 0 aliphatic rings. The number of amides is 1. The van der Waals surface area contributed by atoms with Gasteiger partial charge in [0.1, 0.15) is 6.04 Å². The molecule has 126 valence electrons. The van der Waals surface area contributed by atoms with Crippen LogP contribution in [0.1, 0.15) is 27.0 Å². The summed E-state index contributed by atoms with van der Waals surface area (Å²) in [5.74, 6) is -4.68. The third-order valence-corrected chi connectivity index (χ3v) is 3.81. The summed E-state index contributed by atoms with van der Waals surface area (Å²) in [6.07, 6.45) is 0.0408. The van der Waals surface area contributed by atoms with Crippen LogP contribution in [0.2, 0.25) is 0 Å². The second-order valence-corrected chi connectivity index (χ2v) is 5.59. The molecule has 0 aliphatic heterocycles. The molecule has 0 saturated carbocycles. The molecule has 24 heavy (non-hydrogen) atoms. The molecule has 0 bridgehead atoms. The van der Waals surface area contributed by atoms with E-state index >= 15 is 0 Å². The average Bonchev–Trinajstić information content (AvgIpc) is 2.52. The fourth-order valence-electron chi connectivity index (χ4n) is 2.28. The molecule has 0 radical (unpaired) electrons. The Labute approximate surface area is 138 Å². The Bertz CT molecular complexity index is 790. The first kappa shape index (κ1) is 17.6. The van der Waals surface area contributed by atoms with Crippen LogP contribution in [-0.4, -0.2) is 23.0 Å². The van der Waals surface area contributed by atoms with Crippen molar-refractivity contribution in [1.29, 1.82) is 0 Å². The van der Waals surface area contributed by atoms with Crippen LogP contribution in [0.4, 0.5) is 8.78 Å². The third kappa shape index (κ3) is 3.95. The Morgan fingerprint density at radius 1 is 1.12 bits per heavy atom. The van der Waals surface area contributed by atoms with Gasteiger partial charge in [-0.05, 0) is 42.7 Å². The lowest BCUT2D eigenvalue weighted by Gasteiger charge is -2.16. The molecule has 2 aromatic carbocycles. The molecule has 2 N–H and O–H groups in total. The predicted octanol–water partition coefficient (Wildman–Crippen LogP) is 3.01. The SMILES string of the molecule is Cc1ccc(C[C@H](NC(=O)c2cccc(F)c2F)C(=O)O)cc1C.